The van der Waals surface area contributed by atoms with E-state index in [-0.39, 0.29) is 29.6 Å². The summed E-state index contributed by atoms with van der Waals surface area (Å²) in [5, 5.41) is 33.3. The molecule has 10 atom stereocenters. The van der Waals surface area contributed by atoms with Gasteiger partial charge in [-0.05, 0) is 86.7 Å². The topological polar surface area (TPSA) is 134 Å². The van der Waals surface area contributed by atoms with Crippen molar-refractivity contribution in [3.05, 3.63) is 34.4 Å². The molecule has 0 amide bonds. The second-order valence-corrected chi connectivity index (χ2v) is 11.9. The molecule has 8 heteroatoms. The summed E-state index contributed by atoms with van der Waals surface area (Å²) in [6.07, 6.45) is 2.94. The van der Waals surface area contributed by atoms with Crippen LogP contribution in [0.5, 0.6) is 0 Å². The van der Waals surface area contributed by atoms with Crippen molar-refractivity contribution in [2.75, 3.05) is 0 Å². The van der Waals surface area contributed by atoms with Crippen molar-refractivity contribution in [2.24, 2.45) is 28.6 Å². The highest BCUT2D eigenvalue weighted by Gasteiger charge is 2.73. The fraction of sp³-hybridized carbons (Fsp3) is 0.741. The maximum absolute atomic E-state index is 13.9. The molecule has 1 heterocycles. The number of hydrogen-bond donors (Lipinski definition) is 3. The van der Waals surface area contributed by atoms with Gasteiger partial charge in [0.1, 0.15) is 18.3 Å². The number of hydrogen-bond acceptors (Lipinski definition) is 8. The van der Waals surface area contributed by atoms with E-state index < -0.39 is 46.2 Å². The fourth-order valence-electron chi connectivity index (χ4n) is 8.45. The molecule has 8 nitrogen and oxygen atoms in total. The maximum Gasteiger partial charge on any atom is 0.335 e. The van der Waals surface area contributed by atoms with Gasteiger partial charge in [-0.1, -0.05) is 13.8 Å². The van der Waals surface area contributed by atoms with E-state index in [0.717, 1.165) is 6.42 Å². The minimum atomic E-state index is -1.34. The molecule has 0 aliphatic heterocycles. The summed E-state index contributed by atoms with van der Waals surface area (Å²) in [6.45, 7) is 5.30. The first-order chi connectivity index (χ1) is 16.4. The van der Waals surface area contributed by atoms with Gasteiger partial charge in [0.15, 0.2) is 5.78 Å². The van der Waals surface area contributed by atoms with Crippen LogP contribution in [0.25, 0.3) is 0 Å². The molecular weight excluding hydrogens is 452 g/mol. The zero-order valence-corrected chi connectivity index (χ0v) is 20.6. The average Bonchev–Trinajstić information content (AvgIpc) is 3.10. The van der Waals surface area contributed by atoms with Crippen LogP contribution in [0, 0.1) is 28.6 Å². The van der Waals surface area contributed by atoms with Crippen LogP contribution in [0.3, 0.4) is 0 Å². The standard InChI is InChI=1S/C27H36O8/c1-14(28)24(32)35-17-8-10-25(2)16(12-17)5-6-19-21(25)22(30)23(31)26(3)18(9-11-27(19,26)33)15-4-7-20(29)34-13-15/h4,7,13-14,16-19,21,23,28,31,33H,5-6,8-12H2,1-3H3/t14-,16+,17-,18+,19+,21+,23-,25-,26-,27-/m0/s1. The maximum atomic E-state index is 13.9. The Labute approximate surface area is 204 Å². The minimum Gasteiger partial charge on any atom is -0.460 e. The molecule has 4 aliphatic carbocycles. The highest BCUT2D eigenvalue weighted by molar-refractivity contribution is 5.89. The monoisotopic (exact) mass is 488 g/mol. The van der Waals surface area contributed by atoms with Crippen LogP contribution in [-0.2, 0) is 14.3 Å². The highest BCUT2D eigenvalue weighted by Crippen LogP contribution is 2.69. The van der Waals surface area contributed by atoms with Crippen molar-refractivity contribution in [1.82, 2.24) is 0 Å². The Morgan fingerprint density at radius 1 is 1.14 bits per heavy atom. The summed E-state index contributed by atoms with van der Waals surface area (Å²) < 4.78 is 10.6. The molecule has 4 saturated carbocycles. The van der Waals surface area contributed by atoms with Gasteiger partial charge in [-0.2, -0.15) is 0 Å². The van der Waals surface area contributed by atoms with Crippen molar-refractivity contribution in [3.8, 4) is 0 Å². The molecule has 4 aliphatic rings. The molecule has 0 bridgehead atoms. The van der Waals surface area contributed by atoms with Crippen LogP contribution in [0.2, 0.25) is 0 Å². The molecule has 0 saturated heterocycles. The summed E-state index contributed by atoms with van der Waals surface area (Å²) in [6, 6.07) is 3.01. The number of Topliss-reactive ketones (excluding diaryl/α,β-unsaturated/α-hetero) is 1. The summed E-state index contributed by atoms with van der Waals surface area (Å²) in [4.78, 5) is 37.4. The second-order valence-electron chi connectivity index (χ2n) is 11.9. The fourth-order valence-corrected chi connectivity index (χ4v) is 8.45. The summed E-state index contributed by atoms with van der Waals surface area (Å²) in [7, 11) is 0. The molecule has 0 spiro atoms. The molecule has 192 valence electrons. The van der Waals surface area contributed by atoms with Crippen LogP contribution in [0.1, 0.15) is 77.2 Å². The minimum absolute atomic E-state index is 0.119. The first kappa shape index (κ1) is 24.7. The molecular formula is C27H36O8. The Bertz CT molecular complexity index is 1060. The summed E-state index contributed by atoms with van der Waals surface area (Å²) in [5.41, 5.74) is -2.47. The summed E-state index contributed by atoms with van der Waals surface area (Å²) >= 11 is 0. The van der Waals surface area contributed by atoms with Gasteiger partial charge < -0.3 is 24.5 Å². The van der Waals surface area contributed by atoms with Gasteiger partial charge in [0, 0.05) is 17.4 Å². The first-order valence-electron chi connectivity index (χ1n) is 12.8. The Balaban J connectivity index is 1.46. The summed E-state index contributed by atoms with van der Waals surface area (Å²) in [5.74, 6) is -1.78. The van der Waals surface area contributed by atoms with Crippen molar-refractivity contribution in [3.63, 3.8) is 0 Å². The van der Waals surface area contributed by atoms with Crippen LogP contribution >= 0.6 is 0 Å². The third-order valence-corrected chi connectivity index (χ3v) is 10.4. The van der Waals surface area contributed by atoms with E-state index in [2.05, 4.69) is 6.92 Å². The number of ether oxygens (including phenoxy) is 1. The van der Waals surface area contributed by atoms with Crippen LogP contribution in [0.4, 0.5) is 0 Å². The molecule has 1 aromatic rings. The van der Waals surface area contributed by atoms with E-state index in [4.69, 9.17) is 9.15 Å². The van der Waals surface area contributed by atoms with Crippen LogP contribution in [0.15, 0.2) is 27.6 Å². The van der Waals surface area contributed by atoms with Gasteiger partial charge in [0.2, 0.25) is 0 Å². The number of aliphatic hydroxyl groups excluding tert-OH is 2. The lowest BCUT2D eigenvalue weighted by Gasteiger charge is -2.63. The van der Waals surface area contributed by atoms with Crippen molar-refractivity contribution in [2.45, 2.75) is 95.5 Å². The lowest BCUT2D eigenvalue weighted by molar-refractivity contribution is -0.231. The van der Waals surface area contributed by atoms with Gasteiger partial charge >= 0.3 is 11.6 Å². The second kappa shape index (κ2) is 8.25. The molecule has 1 aromatic heterocycles. The van der Waals surface area contributed by atoms with Gasteiger partial charge in [-0.3, -0.25) is 4.79 Å². The Kier molecular flexibility index (Phi) is 5.81. The van der Waals surface area contributed by atoms with Crippen LogP contribution in [-0.4, -0.2) is 51.0 Å². The van der Waals surface area contributed by atoms with Gasteiger partial charge in [0.25, 0.3) is 0 Å². The van der Waals surface area contributed by atoms with E-state index in [1.54, 1.807) is 6.07 Å². The highest BCUT2D eigenvalue weighted by atomic mass is 16.6. The Morgan fingerprint density at radius 3 is 2.54 bits per heavy atom. The predicted octanol–water partition coefficient (Wildman–Crippen LogP) is 2.32. The number of carbonyl (C=O) groups excluding carboxylic acids is 2. The number of aliphatic hydroxyl groups is 3. The SMILES string of the molecule is C[C@H](O)C(=O)O[C@H]1CC[C@@]2(C)[C@H](CC[C@@H]3[C@@H]2C(=O)[C@H](O)[C@]2(C)[C@@H](c4ccc(=O)oc4)CC[C@]32O)C1. The van der Waals surface area contributed by atoms with Crippen molar-refractivity contribution < 1.29 is 34.1 Å². The third-order valence-electron chi connectivity index (χ3n) is 10.4. The van der Waals surface area contributed by atoms with Gasteiger partial charge in [-0.25, -0.2) is 9.59 Å². The number of carbonyl (C=O) groups is 2. The lowest BCUT2D eigenvalue weighted by atomic mass is 9.42. The third kappa shape index (κ3) is 3.39. The molecule has 0 radical (unpaired) electrons. The molecule has 3 N–H and O–H groups in total. The Morgan fingerprint density at radius 2 is 1.89 bits per heavy atom. The lowest BCUT2D eigenvalue weighted by Crippen LogP contribution is -2.70. The van der Waals surface area contributed by atoms with Gasteiger partial charge in [-0.15, -0.1) is 0 Å². The van der Waals surface area contributed by atoms with Crippen molar-refractivity contribution in [1.29, 1.82) is 0 Å². The number of ketones is 1. The average molecular weight is 489 g/mol. The quantitative estimate of drug-likeness (QED) is 0.552. The Hall–Kier alpha value is -2.03. The van der Waals surface area contributed by atoms with E-state index in [9.17, 15) is 29.7 Å². The van der Waals surface area contributed by atoms with Crippen LogP contribution < -0.4 is 5.63 Å². The first-order valence-corrected chi connectivity index (χ1v) is 12.8. The number of rotatable bonds is 3. The zero-order chi connectivity index (χ0) is 25.3. The van der Waals surface area contributed by atoms with E-state index >= 15 is 0 Å². The number of esters is 1. The van der Waals surface area contributed by atoms with E-state index in [1.165, 1.54) is 19.3 Å². The zero-order valence-electron chi connectivity index (χ0n) is 20.6. The molecule has 5 rings (SSSR count). The van der Waals surface area contributed by atoms with Crippen molar-refractivity contribution >= 4 is 11.8 Å². The van der Waals surface area contributed by atoms with Gasteiger partial charge in [0.05, 0.1) is 11.9 Å². The molecule has 0 aromatic carbocycles. The molecule has 35 heavy (non-hydrogen) atoms. The molecule has 0 unspecified atom stereocenters. The largest absolute Gasteiger partial charge is 0.460 e. The number of fused-ring (bicyclic) bond motifs is 5. The van der Waals surface area contributed by atoms with E-state index in [1.807, 2.05) is 6.92 Å². The smallest absolute Gasteiger partial charge is 0.335 e. The predicted molar refractivity (Wildman–Crippen MR) is 124 cm³/mol. The molecule has 4 fully saturated rings. The normalized spacial score (nSPS) is 45.7. The van der Waals surface area contributed by atoms with E-state index in [0.29, 0.717) is 44.1 Å².